The molecule has 0 bridgehead atoms. The third-order valence-electron chi connectivity index (χ3n) is 7.57. The van der Waals surface area contributed by atoms with Gasteiger partial charge in [-0.3, -0.25) is 4.79 Å². The molecular formula is C34H41F2NO11. The molecule has 0 saturated heterocycles. The number of hydrogen-bond acceptors (Lipinski definition) is 11. The van der Waals surface area contributed by atoms with E-state index in [1.54, 1.807) is 36.4 Å². The summed E-state index contributed by atoms with van der Waals surface area (Å²) in [5.74, 6) is -4.94. The number of allylic oxidation sites excluding steroid dienone is 2. The maximum atomic E-state index is 14.4. The SMILES string of the molecule is COc1cc(C(=O)OCCCCO[N+](=O)[O-])ccc1OC(=O)CCC/C=C\C[C@@H]1[C@@H](/C=C/C(F)(F)COc2ccccc2)[C@H](O)C[C@@H]1O. The molecule has 0 aliphatic heterocycles. The number of benzene rings is 2. The van der Waals surface area contributed by atoms with E-state index in [-0.39, 0.29) is 43.1 Å². The first-order chi connectivity index (χ1) is 23.0. The number of methoxy groups -OCH3 is 1. The quantitative estimate of drug-likeness (QED) is 0.0455. The largest absolute Gasteiger partial charge is 0.493 e. The predicted molar refractivity (Wildman–Crippen MR) is 168 cm³/mol. The van der Waals surface area contributed by atoms with Crippen LogP contribution in [-0.4, -0.2) is 72.3 Å². The van der Waals surface area contributed by atoms with Crippen LogP contribution in [0.4, 0.5) is 8.78 Å². The molecule has 48 heavy (non-hydrogen) atoms. The zero-order chi connectivity index (χ0) is 34.9. The fraction of sp³-hybridized carbons (Fsp3) is 0.471. The van der Waals surface area contributed by atoms with Crippen molar-refractivity contribution in [3.8, 4) is 17.2 Å². The summed E-state index contributed by atoms with van der Waals surface area (Å²) < 4.78 is 49.8. The van der Waals surface area contributed by atoms with E-state index < -0.39 is 53.6 Å². The lowest BCUT2D eigenvalue weighted by molar-refractivity contribution is -0.757. The van der Waals surface area contributed by atoms with E-state index >= 15 is 0 Å². The van der Waals surface area contributed by atoms with E-state index in [1.165, 1.54) is 31.4 Å². The Morgan fingerprint density at radius 1 is 1.02 bits per heavy atom. The van der Waals surface area contributed by atoms with Gasteiger partial charge in [-0.1, -0.05) is 36.4 Å². The van der Waals surface area contributed by atoms with Crippen molar-refractivity contribution in [1.82, 2.24) is 0 Å². The molecule has 4 atom stereocenters. The lowest BCUT2D eigenvalue weighted by atomic mass is 9.89. The molecule has 0 heterocycles. The second kappa shape index (κ2) is 19.3. The molecule has 0 amide bonds. The maximum Gasteiger partial charge on any atom is 0.338 e. The molecule has 0 spiro atoms. The summed E-state index contributed by atoms with van der Waals surface area (Å²) in [6, 6.07) is 12.5. The van der Waals surface area contributed by atoms with Gasteiger partial charge < -0.3 is 34.0 Å². The van der Waals surface area contributed by atoms with Gasteiger partial charge in [0.15, 0.2) is 18.1 Å². The van der Waals surface area contributed by atoms with Gasteiger partial charge in [0.2, 0.25) is 0 Å². The van der Waals surface area contributed by atoms with Crippen LogP contribution in [0.2, 0.25) is 0 Å². The lowest BCUT2D eigenvalue weighted by Gasteiger charge is -2.20. The Balaban J connectivity index is 1.40. The van der Waals surface area contributed by atoms with Crippen molar-refractivity contribution in [2.45, 2.75) is 63.1 Å². The van der Waals surface area contributed by atoms with Crippen LogP contribution in [0, 0.1) is 22.0 Å². The Labute approximate surface area is 277 Å². The minimum Gasteiger partial charge on any atom is -0.493 e. The highest BCUT2D eigenvalue weighted by Crippen LogP contribution is 2.37. The summed E-state index contributed by atoms with van der Waals surface area (Å²) in [6.07, 6.45) is 5.98. The minimum atomic E-state index is -3.27. The summed E-state index contributed by atoms with van der Waals surface area (Å²) in [4.78, 5) is 39.1. The average Bonchev–Trinajstić information content (AvgIpc) is 3.33. The Morgan fingerprint density at radius 2 is 1.77 bits per heavy atom. The van der Waals surface area contributed by atoms with Crippen molar-refractivity contribution in [2.75, 3.05) is 26.9 Å². The molecule has 2 aromatic rings. The average molecular weight is 678 g/mol. The fourth-order valence-electron chi connectivity index (χ4n) is 5.08. The number of unbranched alkanes of at least 4 members (excludes halogenated alkanes) is 2. The van der Waals surface area contributed by atoms with Gasteiger partial charge in [0.1, 0.15) is 5.75 Å². The number of carbonyl (C=O) groups excluding carboxylic acids is 2. The molecule has 1 saturated carbocycles. The molecule has 0 aromatic heterocycles. The van der Waals surface area contributed by atoms with Gasteiger partial charge >= 0.3 is 11.9 Å². The molecule has 2 N–H and O–H groups in total. The second-order valence-electron chi connectivity index (χ2n) is 11.2. The number of halogens is 2. The van der Waals surface area contributed by atoms with Gasteiger partial charge in [-0.25, -0.2) is 4.79 Å². The molecule has 1 aliphatic carbocycles. The second-order valence-corrected chi connectivity index (χ2v) is 11.2. The van der Waals surface area contributed by atoms with Crippen LogP contribution in [0.25, 0.3) is 0 Å². The van der Waals surface area contributed by atoms with Crippen LogP contribution in [0.3, 0.4) is 0 Å². The number of rotatable bonds is 20. The van der Waals surface area contributed by atoms with Crippen LogP contribution in [0.15, 0.2) is 72.8 Å². The molecule has 3 rings (SSSR count). The van der Waals surface area contributed by atoms with E-state index in [4.69, 9.17) is 18.9 Å². The van der Waals surface area contributed by atoms with Gasteiger partial charge in [0.05, 0.1) is 38.1 Å². The topological polar surface area (TPSA) is 164 Å². The van der Waals surface area contributed by atoms with Crippen LogP contribution >= 0.6 is 0 Å². The van der Waals surface area contributed by atoms with Crippen molar-refractivity contribution in [1.29, 1.82) is 0 Å². The van der Waals surface area contributed by atoms with E-state index in [2.05, 4.69) is 4.84 Å². The lowest BCUT2D eigenvalue weighted by Crippen LogP contribution is -2.25. The standard InChI is InChI=1S/C34H41F2NO11/c1-44-31-21-24(33(41)45-19-9-10-20-47-37(42)43)15-16-30(31)48-32(40)14-8-3-2-7-13-26-27(29(39)22-28(26)38)17-18-34(35,36)23-46-25-11-5-4-6-12-25/h2,4-7,11-12,15-18,21,26-29,38-39H,3,8-10,13-14,19-20,22-23H2,1H3/b7-2-,18-17+/t26-,27-,28+,29-/m1/s1. The molecule has 2 aromatic carbocycles. The number of carbonyl (C=O) groups is 2. The Bertz CT molecular complexity index is 1390. The molecule has 262 valence electrons. The van der Waals surface area contributed by atoms with E-state index in [0.717, 1.165) is 6.08 Å². The Kier molecular flexibility index (Phi) is 15.2. The number of hydrogen-bond donors (Lipinski definition) is 2. The first kappa shape index (κ1) is 37.9. The molecule has 1 fully saturated rings. The van der Waals surface area contributed by atoms with E-state index in [9.17, 15) is 38.7 Å². The normalized spacial score (nSPS) is 19.4. The third-order valence-corrected chi connectivity index (χ3v) is 7.57. The van der Waals surface area contributed by atoms with Gasteiger partial charge in [-0.2, -0.15) is 8.78 Å². The first-order valence-corrected chi connectivity index (χ1v) is 15.6. The number of aliphatic hydroxyl groups is 2. The summed E-state index contributed by atoms with van der Waals surface area (Å²) in [6.45, 7) is -0.909. The van der Waals surface area contributed by atoms with Gasteiger partial charge in [0.25, 0.3) is 11.0 Å². The summed E-state index contributed by atoms with van der Waals surface area (Å²) >= 11 is 0. The zero-order valence-electron chi connectivity index (χ0n) is 26.6. The maximum absolute atomic E-state index is 14.4. The smallest absolute Gasteiger partial charge is 0.338 e. The third kappa shape index (κ3) is 12.9. The van der Waals surface area contributed by atoms with E-state index in [1.807, 2.05) is 6.08 Å². The Morgan fingerprint density at radius 3 is 2.50 bits per heavy atom. The minimum absolute atomic E-state index is 0.0402. The van der Waals surface area contributed by atoms with Crippen molar-refractivity contribution < 1.29 is 57.5 Å². The number of para-hydroxylation sites is 1. The van der Waals surface area contributed by atoms with Gasteiger partial charge in [-0.05, 0) is 74.4 Å². The van der Waals surface area contributed by atoms with E-state index in [0.29, 0.717) is 37.9 Å². The van der Waals surface area contributed by atoms with Crippen molar-refractivity contribution in [3.05, 3.63) is 88.5 Å². The molecule has 14 heteroatoms. The van der Waals surface area contributed by atoms with Crippen LogP contribution in [0.1, 0.15) is 55.3 Å². The van der Waals surface area contributed by atoms with Gasteiger partial charge in [0, 0.05) is 18.8 Å². The summed E-state index contributed by atoms with van der Waals surface area (Å²) in [5.41, 5.74) is 0.168. The number of aliphatic hydroxyl groups excluding tert-OH is 2. The number of alkyl halides is 2. The molecule has 12 nitrogen and oxygen atoms in total. The predicted octanol–water partition coefficient (Wildman–Crippen LogP) is 5.49. The molecule has 0 radical (unpaired) electrons. The highest BCUT2D eigenvalue weighted by atomic mass is 19.3. The van der Waals surface area contributed by atoms with Crippen LogP contribution in [-0.2, 0) is 14.4 Å². The Hall–Kier alpha value is -4.56. The number of esters is 2. The monoisotopic (exact) mass is 677 g/mol. The van der Waals surface area contributed by atoms with Gasteiger partial charge in [-0.15, -0.1) is 10.1 Å². The highest BCUT2D eigenvalue weighted by Gasteiger charge is 2.40. The molecule has 1 aliphatic rings. The van der Waals surface area contributed by atoms with Crippen molar-refractivity contribution in [3.63, 3.8) is 0 Å². The fourth-order valence-corrected chi connectivity index (χ4v) is 5.08. The van der Waals surface area contributed by atoms with Crippen LogP contribution < -0.4 is 14.2 Å². The van der Waals surface area contributed by atoms with Crippen molar-refractivity contribution in [2.24, 2.45) is 11.8 Å². The highest BCUT2D eigenvalue weighted by molar-refractivity contribution is 5.90. The number of ether oxygens (including phenoxy) is 4. The molecule has 0 unspecified atom stereocenters. The van der Waals surface area contributed by atoms with Crippen LogP contribution in [0.5, 0.6) is 17.2 Å². The summed E-state index contributed by atoms with van der Waals surface area (Å²) in [7, 11) is 1.36. The number of nitrogens with zero attached hydrogens (tertiary/aromatic N) is 1. The molecular weight excluding hydrogens is 636 g/mol. The first-order valence-electron chi connectivity index (χ1n) is 15.6. The summed E-state index contributed by atoms with van der Waals surface area (Å²) in [5, 5.41) is 30.1. The zero-order valence-corrected chi connectivity index (χ0v) is 26.6. The van der Waals surface area contributed by atoms with Crippen molar-refractivity contribution >= 4 is 11.9 Å².